The second-order valence-corrected chi connectivity index (χ2v) is 7.21. The third-order valence-corrected chi connectivity index (χ3v) is 4.87. The number of rotatable bonds is 7. The number of nitrogens with zero attached hydrogens (tertiary/aromatic N) is 5. The van der Waals surface area contributed by atoms with Crippen molar-refractivity contribution in [2.75, 3.05) is 23.7 Å². The van der Waals surface area contributed by atoms with E-state index in [1.165, 1.54) is 0 Å². The van der Waals surface area contributed by atoms with Crippen LogP contribution in [0, 0.1) is 5.82 Å². The molecule has 1 fully saturated rings. The number of hydrogen-bond donors (Lipinski definition) is 3. The van der Waals surface area contributed by atoms with E-state index in [1.54, 1.807) is 17.2 Å². The monoisotopic (exact) mass is 423 g/mol. The average Bonchev–Trinajstić information content (AvgIpc) is 3.24. The SMILES string of the molecule is O=C(c1ccnc(NCc2ccc(CNc3ncc(F)cn3)cc2)n1)N1CCC(O)C1. The smallest absolute Gasteiger partial charge is 0.272 e. The molecule has 0 saturated carbocycles. The zero-order valence-corrected chi connectivity index (χ0v) is 16.7. The van der Waals surface area contributed by atoms with Crippen molar-refractivity contribution < 1.29 is 14.3 Å². The lowest BCUT2D eigenvalue weighted by Crippen LogP contribution is -2.30. The van der Waals surface area contributed by atoms with Crippen molar-refractivity contribution >= 4 is 17.8 Å². The molecule has 1 atom stereocenters. The lowest BCUT2D eigenvalue weighted by atomic mass is 10.1. The molecule has 10 heteroatoms. The molecule has 1 aromatic carbocycles. The van der Waals surface area contributed by atoms with Crippen molar-refractivity contribution in [3.8, 4) is 0 Å². The van der Waals surface area contributed by atoms with E-state index in [4.69, 9.17) is 0 Å². The molecule has 0 radical (unpaired) electrons. The average molecular weight is 423 g/mol. The van der Waals surface area contributed by atoms with E-state index < -0.39 is 11.9 Å². The highest BCUT2D eigenvalue weighted by Gasteiger charge is 2.26. The number of halogens is 1. The lowest BCUT2D eigenvalue weighted by Gasteiger charge is -2.15. The van der Waals surface area contributed by atoms with Gasteiger partial charge in [0.2, 0.25) is 11.9 Å². The van der Waals surface area contributed by atoms with Crippen LogP contribution in [-0.4, -0.2) is 55.0 Å². The number of aromatic nitrogens is 4. The summed E-state index contributed by atoms with van der Waals surface area (Å²) in [5.41, 5.74) is 2.34. The summed E-state index contributed by atoms with van der Waals surface area (Å²) in [6, 6.07) is 9.44. The minimum absolute atomic E-state index is 0.205. The van der Waals surface area contributed by atoms with Gasteiger partial charge in [0.25, 0.3) is 5.91 Å². The quantitative estimate of drug-likeness (QED) is 0.527. The molecule has 1 unspecified atom stereocenters. The number of carbonyl (C=O) groups is 1. The highest BCUT2D eigenvalue weighted by atomic mass is 19.1. The standard InChI is InChI=1S/C21H22FN7O2/c22-16-11-26-20(27-12-16)24-9-14-1-3-15(4-2-14)10-25-21-23-7-5-18(28-21)19(31)29-8-6-17(30)13-29/h1-5,7,11-12,17,30H,6,8-10,13H2,(H,23,25,28)(H,24,26,27). The van der Waals surface area contributed by atoms with Crippen LogP contribution in [0.25, 0.3) is 0 Å². The van der Waals surface area contributed by atoms with Gasteiger partial charge in [-0.2, -0.15) is 0 Å². The molecule has 1 aliphatic heterocycles. The number of carbonyl (C=O) groups excluding carboxylic acids is 1. The van der Waals surface area contributed by atoms with E-state index in [0.717, 1.165) is 23.5 Å². The van der Waals surface area contributed by atoms with E-state index in [1.807, 2.05) is 24.3 Å². The van der Waals surface area contributed by atoms with Gasteiger partial charge in [0.15, 0.2) is 5.82 Å². The minimum Gasteiger partial charge on any atom is -0.391 e. The van der Waals surface area contributed by atoms with Gasteiger partial charge >= 0.3 is 0 Å². The van der Waals surface area contributed by atoms with E-state index in [9.17, 15) is 14.3 Å². The lowest BCUT2D eigenvalue weighted by molar-refractivity contribution is 0.0759. The Morgan fingerprint density at radius 1 is 1.03 bits per heavy atom. The van der Waals surface area contributed by atoms with Gasteiger partial charge in [0, 0.05) is 32.4 Å². The third kappa shape index (κ3) is 5.48. The van der Waals surface area contributed by atoms with Crippen molar-refractivity contribution in [3.05, 3.63) is 71.6 Å². The second-order valence-electron chi connectivity index (χ2n) is 7.21. The fourth-order valence-electron chi connectivity index (χ4n) is 3.19. The number of aliphatic hydroxyl groups excluding tert-OH is 1. The van der Waals surface area contributed by atoms with Gasteiger partial charge in [-0.05, 0) is 23.6 Å². The molecule has 1 amide bonds. The molecular formula is C21H22FN7O2. The van der Waals surface area contributed by atoms with E-state index in [2.05, 4.69) is 30.6 Å². The van der Waals surface area contributed by atoms with Crippen LogP contribution >= 0.6 is 0 Å². The number of β-amino-alcohol motifs (C(OH)–C–C–N with tert-alkyl or cyclic N) is 1. The van der Waals surface area contributed by atoms with Crippen LogP contribution in [0.3, 0.4) is 0 Å². The van der Waals surface area contributed by atoms with Gasteiger partial charge in [0.05, 0.1) is 18.5 Å². The van der Waals surface area contributed by atoms with E-state index >= 15 is 0 Å². The van der Waals surface area contributed by atoms with Gasteiger partial charge in [0.1, 0.15) is 5.69 Å². The topological polar surface area (TPSA) is 116 Å². The summed E-state index contributed by atoms with van der Waals surface area (Å²) in [5, 5.41) is 15.8. The van der Waals surface area contributed by atoms with Crippen LogP contribution in [0.1, 0.15) is 28.0 Å². The molecule has 3 heterocycles. The summed E-state index contributed by atoms with van der Waals surface area (Å²) in [7, 11) is 0. The van der Waals surface area contributed by atoms with Crippen LogP contribution in [0.4, 0.5) is 16.3 Å². The molecule has 2 aromatic heterocycles. The van der Waals surface area contributed by atoms with Crippen molar-refractivity contribution in [2.45, 2.75) is 25.6 Å². The molecule has 0 aliphatic carbocycles. The Hall–Kier alpha value is -3.66. The van der Waals surface area contributed by atoms with Gasteiger partial charge < -0.3 is 20.6 Å². The number of nitrogens with one attached hydrogen (secondary N) is 2. The summed E-state index contributed by atoms with van der Waals surface area (Å²) < 4.78 is 12.8. The first-order chi connectivity index (χ1) is 15.1. The van der Waals surface area contributed by atoms with Crippen LogP contribution in [0.2, 0.25) is 0 Å². The fourth-order valence-corrected chi connectivity index (χ4v) is 3.19. The first-order valence-corrected chi connectivity index (χ1v) is 9.90. The maximum absolute atomic E-state index is 12.8. The van der Waals surface area contributed by atoms with Crippen molar-refractivity contribution in [1.29, 1.82) is 0 Å². The van der Waals surface area contributed by atoms with E-state index in [0.29, 0.717) is 50.2 Å². The Labute approximate surface area is 178 Å². The van der Waals surface area contributed by atoms with Gasteiger partial charge in [-0.3, -0.25) is 4.79 Å². The molecule has 1 saturated heterocycles. The molecule has 1 aliphatic rings. The first kappa shape index (κ1) is 20.6. The molecule has 3 N–H and O–H groups in total. The maximum atomic E-state index is 12.8. The number of benzene rings is 1. The normalized spacial score (nSPS) is 15.7. The zero-order chi connectivity index (χ0) is 21.6. The van der Waals surface area contributed by atoms with Crippen LogP contribution < -0.4 is 10.6 Å². The largest absolute Gasteiger partial charge is 0.391 e. The van der Waals surface area contributed by atoms with Crippen molar-refractivity contribution in [2.24, 2.45) is 0 Å². The summed E-state index contributed by atoms with van der Waals surface area (Å²) >= 11 is 0. The Balaban J connectivity index is 1.30. The molecule has 160 valence electrons. The zero-order valence-electron chi connectivity index (χ0n) is 16.7. The van der Waals surface area contributed by atoms with Gasteiger partial charge in [-0.15, -0.1) is 0 Å². The van der Waals surface area contributed by atoms with Crippen LogP contribution in [0.15, 0.2) is 48.9 Å². The molecule has 0 spiro atoms. The number of likely N-dealkylation sites (tertiary alicyclic amines) is 1. The molecule has 3 aromatic rings. The second kappa shape index (κ2) is 9.43. The van der Waals surface area contributed by atoms with Gasteiger partial charge in [-0.1, -0.05) is 24.3 Å². The summed E-state index contributed by atoms with van der Waals surface area (Å²) in [6.45, 7) is 1.87. The fraction of sp³-hybridized carbons (Fsp3) is 0.286. The van der Waals surface area contributed by atoms with Gasteiger partial charge in [-0.25, -0.2) is 24.3 Å². The predicted molar refractivity (Wildman–Crippen MR) is 112 cm³/mol. The molecule has 0 bridgehead atoms. The molecule has 9 nitrogen and oxygen atoms in total. The number of anilines is 2. The maximum Gasteiger partial charge on any atom is 0.272 e. The van der Waals surface area contributed by atoms with Crippen molar-refractivity contribution in [3.63, 3.8) is 0 Å². The Morgan fingerprint density at radius 2 is 1.68 bits per heavy atom. The summed E-state index contributed by atoms with van der Waals surface area (Å²) in [6.07, 6.45) is 3.89. The Morgan fingerprint density at radius 3 is 2.29 bits per heavy atom. The molecule has 4 rings (SSSR count). The molecule has 31 heavy (non-hydrogen) atoms. The van der Waals surface area contributed by atoms with Crippen LogP contribution in [-0.2, 0) is 13.1 Å². The number of hydrogen-bond acceptors (Lipinski definition) is 8. The van der Waals surface area contributed by atoms with E-state index in [-0.39, 0.29) is 5.91 Å². The summed E-state index contributed by atoms with van der Waals surface area (Å²) in [5.74, 6) is 0.0482. The Kier molecular flexibility index (Phi) is 6.27. The molecular weight excluding hydrogens is 401 g/mol. The number of amides is 1. The predicted octanol–water partition coefficient (Wildman–Crippen LogP) is 1.84. The Bertz CT molecular complexity index is 1030. The minimum atomic E-state index is -0.476. The number of aliphatic hydroxyl groups is 1. The third-order valence-electron chi connectivity index (χ3n) is 4.87. The summed E-state index contributed by atoms with van der Waals surface area (Å²) in [4.78, 5) is 30.3. The highest BCUT2D eigenvalue weighted by molar-refractivity contribution is 5.92. The first-order valence-electron chi connectivity index (χ1n) is 9.90. The van der Waals surface area contributed by atoms with Crippen molar-refractivity contribution in [1.82, 2.24) is 24.8 Å². The van der Waals surface area contributed by atoms with Crippen LogP contribution in [0.5, 0.6) is 0 Å². The highest BCUT2D eigenvalue weighted by Crippen LogP contribution is 2.14.